The minimum absolute atomic E-state index is 0.0223. The van der Waals surface area contributed by atoms with E-state index in [1.54, 1.807) is 10.9 Å². The number of nitrogens with two attached hydrogens (primary N) is 1. The summed E-state index contributed by atoms with van der Waals surface area (Å²) in [7, 11) is 1.84. The highest BCUT2D eigenvalue weighted by Crippen LogP contribution is 2.24. The molecule has 0 saturated heterocycles. The van der Waals surface area contributed by atoms with Gasteiger partial charge in [-0.15, -0.1) is 0 Å². The number of amides is 1. The van der Waals surface area contributed by atoms with E-state index in [0.29, 0.717) is 18.0 Å². The van der Waals surface area contributed by atoms with Gasteiger partial charge in [0, 0.05) is 18.8 Å². The predicted molar refractivity (Wildman–Crippen MR) is 70.2 cm³/mol. The van der Waals surface area contributed by atoms with Crippen molar-refractivity contribution in [1.82, 2.24) is 15.1 Å². The molecule has 0 bridgehead atoms. The Kier molecular flexibility index (Phi) is 4.01. The van der Waals surface area contributed by atoms with Crippen molar-refractivity contribution in [2.45, 2.75) is 38.6 Å². The van der Waals surface area contributed by atoms with Gasteiger partial charge in [0.25, 0.3) is 5.91 Å². The van der Waals surface area contributed by atoms with Crippen LogP contribution in [0.2, 0.25) is 0 Å². The molecular formula is C13H22N4O. The number of rotatable bonds is 3. The van der Waals surface area contributed by atoms with Crippen LogP contribution in [0.1, 0.15) is 41.7 Å². The Hall–Kier alpha value is -1.36. The van der Waals surface area contributed by atoms with Crippen molar-refractivity contribution < 1.29 is 4.79 Å². The molecule has 0 aromatic carbocycles. The van der Waals surface area contributed by atoms with E-state index in [0.717, 1.165) is 18.5 Å². The normalized spacial score (nSPS) is 23.9. The zero-order valence-electron chi connectivity index (χ0n) is 11.1. The molecule has 5 heteroatoms. The number of carbonyl (C=O) groups excluding carboxylic acids is 1. The lowest BCUT2D eigenvalue weighted by Crippen LogP contribution is -2.44. The largest absolute Gasteiger partial charge is 0.349 e. The van der Waals surface area contributed by atoms with E-state index in [2.05, 4.69) is 10.4 Å². The fourth-order valence-electron chi connectivity index (χ4n) is 2.65. The van der Waals surface area contributed by atoms with E-state index < -0.39 is 0 Å². The molecule has 1 aliphatic rings. The van der Waals surface area contributed by atoms with Crippen molar-refractivity contribution >= 4 is 5.91 Å². The minimum Gasteiger partial charge on any atom is -0.349 e. The molecule has 1 saturated carbocycles. The second kappa shape index (κ2) is 5.52. The molecule has 1 aromatic rings. The molecule has 1 fully saturated rings. The molecular weight excluding hydrogens is 228 g/mol. The van der Waals surface area contributed by atoms with Crippen LogP contribution < -0.4 is 11.1 Å². The number of nitrogens with one attached hydrogen (secondary N) is 1. The summed E-state index contributed by atoms with van der Waals surface area (Å²) < 4.78 is 1.72. The van der Waals surface area contributed by atoms with Gasteiger partial charge in [-0.2, -0.15) is 5.10 Å². The van der Waals surface area contributed by atoms with E-state index in [1.165, 1.54) is 12.8 Å². The Balaban J connectivity index is 2.04. The summed E-state index contributed by atoms with van der Waals surface area (Å²) in [6.07, 6.45) is 6.18. The smallest absolute Gasteiger partial charge is 0.254 e. The monoisotopic (exact) mass is 250 g/mol. The molecule has 2 rings (SSSR count). The number of hydrogen-bond donors (Lipinski definition) is 2. The fraction of sp³-hybridized carbons (Fsp3) is 0.692. The van der Waals surface area contributed by atoms with Gasteiger partial charge in [0.2, 0.25) is 0 Å². The number of aromatic nitrogens is 2. The number of hydrogen-bond acceptors (Lipinski definition) is 3. The van der Waals surface area contributed by atoms with E-state index >= 15 is 0 Å². The van der Waals surface area contributed by atoms with Crippen LogP contribution in [0.25, 0.3) is 0 Å². The first-order chi connectivity index (χ1) is 8.63. The van der Waals surface area contributed by atoms with Gasteiger partial charge in [0.1, 0.15) is 0 Å². The third-order valence-corrected chi connectivity index (χ3v) is 4.01. The highest BCUT2D eigenvalue weighted by molar-refractivity contribution is 5.95. The van der Waals surface area contributed by atoms with Gasteiger partial charge >= 0.3 is 0 Å². The summed E-state index contributed by atoms with van der Waals surface area (Å²) >= 11 is 0. The van der Waals surface area contributed by atoms with Gasteiger partial charge < -0.3 is 11.1 Å². The van der Waals surface area contributed by atoms with Crippen LogP contribution in [-0.4, -0.2) is 28.3 Å². The lowest BCUT2D eigenvalue weighted by molar-refractivity contribution is 0.0907. The zero-order chi connectivity index (χ0) is 13.1. The lowest BCUT2D eigenvalue weighted by Gasteiger charge is -2.31. The summed E-state index contributed by atoms with van der Waals surface area (Å²) in [5.41, 5.74) is 7.34. The third kappa shape index (κ3) is 2.56. The summed E-state index contributed by atoms with van der Waals surface area (Å²) in [4.78, 5) is 12.2. The van der Waals surface area contributed by atoms with E-state index in [4.69, 9.17) is 5.73 Å². The molecule has 0 radical (unpaired) electrons. The van der Waals surface area contributed by atoms with E-state index in [1.807, 2.05) is 14.0 Å². The second-order valence-electron chi connectivity index (χ2n) is 5.13. The van der Waals surface area contributed by atoms with Crippen LogP contribution in [0.4, 0.5) is 0 Å². The maximum Gasteiger partial charge on any atom is 0.254 e. The van der Waals surface area contributed by atoms with Gasteiger partial charge in [0.15, 0.2) is 0 Å². The van der Waals surface area contributed by atoms with Crippen LogP contribution in [0.3, 0.4) is 0 Å². The Bertz CT molecular complexity index is 427. The summed E-state index contributed by atoms with van der Waals surface area (Å²) in [5.74, 6) is 0.394. The van der Waals surface area contributed by atoms with Crippen molar-refractivity contribution in [2.75, 3.05) is 6.54 Å². The molecule has 1 aromatic heterocycles. The van der Waals surface area contributed by atoms with Gasteiger partial charge in [0.05, 0.1) is 11.8 Å². The zero-order valence-corrected chi connectivity index (χ0v) is 11.1. The average Bonchev–Trinajstić information content (AvgIpc) is 2.71. The Labute approximate surface area is 108 Å². The molecule has 1 aliphatic carbocycles. The Morgan fingerprint density at radius 1 is 1.56 bits per heavy atom. The molecule has 0 aliphatic heterocycles. The molecule has 18 heavy (non-hydrogen) atoms. The Morgan fingerprint density at radius 3 is 2.89 bits per heavy atom. The fourth-order valence-corrected chi connectivity index (χ4v) is 2.65. The molecule has 2 unspecified atom stereocenters. The molecule has 2 atom stereocenters. The number of carbonyl (C=O) groups is 1. The summed E-state index contributed by atoms with van der Waals surface area (Å²) in [6, 6.07) is 0.218. The quantitative estimate of drug-likeness (QED) is 0.839. The average molecular weight is 250 g/mol. The predicted octanol–water partition coefficient (Wildman–Crippen LogP) is 0.976. The van der Waals surface area contributed by atoms with Gasteiger partial charge in [-0.05, 0) is 32.2 Å². The SMILES string of the molecule is Cc1c(C(=O)NC2CCCCC2CN)cnn1C. The van der Waals surface area contributed by atoms with Gasteiger partial charge in [-0.3, -0.25) is 9.48 Å². The molecule has 1 heterocycles. The molecule has 0 spiro atoms. The molecule has 5 nitrogen and oxygen atoms in total. The molecule has 100 valence electrons. The van der Waals surface area contributed by atoms with E-state index in [-0.39, 0.29) is 11.9 Å². The number of aryl methyl sites for hydroxylation is 1. The summed E-state index contributed by atoms with van der Waals surface area (Å²) in [6.45, 7) is 2.56. The highest BCUT2D eigenvalue weighted by Gasteiger charge is 2.26. The topological polar surface area (TPSA) is 72.9 Å². The van der Waals surface area contributed by atoms with Crippen LogP contribution in [0.15, 0.2) is 6.20 Å². The van der Waals surface area contributed by atoms with Crippen LogP contribution in [0.5, 0.6) is 0 Å². The van der Waals surface area contributed by atoms with Crippen LogP contribution >= 0.6 is 0 Å². The van der Waals surface area contributed by atoms with Crippen molar-refractivity contribution in [1.29, 1.82) is 0 Å². The minimum atomic E-state index is -0.0223. The van der Waals surface area contributed by atoms with Crippen molar-refractivity contribution in [2.24, 2.45) is 18.7 Å². The molecule has 1 amide bonds. The Morgan fingerprint density at radius 2 is 2.28 bits per heavy atom. The lowest BCUT2D eigenvalue weighted by atomic mass is 9.84. The maximum atomic E-state index is 12.2. The van der Waals surface area contributed by atoms with Crippen LogP contribution in [-0.2, 0) is 7.05 Å². The third-order valence-electron chi connectivity index (χ3n) is 4.01. The molecule has 3 N–H and O–H groups in total. The first kappa shape index (κ1) is 13.1. The van der Waals surface area contributed by atoms with Crippen molar-refractivity contribution in [3.63, 3.8) is 0 Å². The summed E-state index contributed by atoms with van der Waals surface area (Å²) in [5, 5.41) is 7.22. The standard InChI is InChI=1S/C13H22N4O/c1-9-11(8-15-17(9)2)13(18)16-12-6-4-3-5-10(12)7-14/h8,10,12H,3-7,14H2,1-2H3,(H,16,18). The van der Waals surface area contributed by atoms with E-state index in [9.17, 15) is 4.79 Å². The van der Waals surface area contributed by atoms with Crippen molar-refractivity contribution in [3.05, 3.63) is 17.5 Å². The maximum absolute atomic E-state index is 12.2. The van der Waals surface area contributed by atoms with Crippen LogP contribution in [0, 0.1) is 12.8 Å². The first-order valence-corrected chi connectivity index (χ1v) is 6.63. The second-order valence-corrected chi connectivity index (χ2v) is 5.13. The van der Waals surface area contributed by atoms with Gasteiger partial charge in [-0.25, -0.2) is 0 Å². The van der Waals surface area contributed by atoms with Gasteiger partial charge in [-0.1, -0.05) is 12.8 Å². The first-order valence-electron chi connectivity index (χ1n) is 6.63. The highest BCUT2D eigenvalue weighted by atomic mass is 16.1. The van der Waals surface area contributed by atoms with Crippen molar-refractivity contribution in [3.8, 4) is 0 Å². The number of nitrogens with zero attached hydrogens (tertiary/aromatic N) is 2.